The molecule has 0 spiro atoms. The van der Waals surface area contributed by atoms with Gasteiger partial charge < -0.3 is 9.64 Å². The average molecular weight is 157 g/mol. The van der Waals surface area contributed by atoms with Gasteiger partial charge in [-0.15, -0.1) is 0 Å². The van der Waals surface area contributed by atoms with Crippen LogP contribution in [0.2, 0.25) is 0 Å². The molecule has 0 aromatic rings. The van der Waals surface area contributed by atoms with Crippen molar-refractivity contribution < 1.29 is 9.53 Å². The SMILES string of the molecule is CCCN(C)C(=O)C1COC1. The zero-order valence-corrected chi connectivity index (χ0v) is 7.17. The van der Waals surface area contributed by atoms with Crippen molar-refractivity contribution in [1.29, 1.82) is 0 Å². The molecule has 3 nitrogen and oxygen atoms in total. The Kier molecular flexibility index (Phi) is 2.88. The van der Waals surface area contributed by atoms with E-state index >= 15 is 0 Å². The van der Waals surface area contributed by atoms with Crippen molar-refractivity contribution in [3.63, 3.8) is 0 Å². The van der Waals surface area contributed by atoms with Crippen LogP contribution in [0.15, 0.2) is 0 Å². The lowest BCUT2D eigenvalue weighted by Gasteiger charge is -2.29. The molecule has 0 radical (unpaired) electrons. The summed E-state index contributed by atoms with van der Waals surface area (Å²) in [6, 6.07) is 0. The molecular weight excluding hydrogens is 142 g/mol. The Labute approximate surface area is 67.3 Å². The first-order valence-electron chi connectivity index (χ1n) is 4.08. The van der Waals surface area contributed by atoms with Crippen LogP contribution in [0.25, 0.3) is 0 Å². The van der Waals surface area contributed by atoms with Crippen LogP contribution in [0, 0.1) is 5.92 Å². The van der Waals surface area contributed by atoms with Crippen molar-refractivity contribution in [3.8, 4) is 0 Å². The Balaban J connectivity index is 2.27. The molecule has 3 heteroatoms. The number of hydrogen-bond acceptors (Lipinski definition) is 2. The van der Waals surface area contributed by atoms with E-state index in [1.54, 1.807) is 4.90 Å². The van der Waals surface area contributed by atoms with E-state index in [0.29, 0.717) is 13.2 Å². The molecule has 1 fully saturated rings. The van der Waals surface area contributed by atoms with Crippen molar-refractivity contribution in [2.24, 2.45) is 5.92 Å². The van der Waals surface area contributed by atoms with Gasteiger partial charge in [0, 0.05) is 13.6 Å². The summed E-state index contributed by atoms with van der Waals surface area (Å²) in [5, 5.41) is 0. The van der Waals surface area contributed by atoms with Gasteiger partial charge in [0.2, 0.25) is 5.91 Å². The fourth-order valence-corrected chi connectivity index (χ4v) is 1.14. The molecule has 0 aromatic heterocycles. The van der Waals surface area contributed by atoms with E-state index < -0.39 is 0 Å². The van der Waals surface area contributed by atoms with Crippen LogP contribution < -0.4 is 0 Å². The van der Waals surface area contributed by atoms with Crippen LogP contribution in [0.3, 0.4) is 0 Å². The summed E-state index contributed by atoms with van der Waals surface area (Å²) < 4.78 is 4.94. The van der Waals surface area contributed by atoms with Crippen LogP contribution in [0.1, 0.15) is 13.3 Å². The maximum Gasteiger partial charge on any atom is 0.230 e. The number of rotatable bonds is 3. The van der Waals surface area contributed by atoms with Crippen LogP contribution in [-0.2, 0) is 9.53 Å². The van der Waals surface area contributed by atoms with Gasteiger partial charge in [0.05, 0.1) is 19.1 Å². The van der Waals surface area contributed by atoms with Crippen molar-refractivity contribution in [2.75, 3.05) is 26.8 Å². The Morgan fingerprint density at radius 3 is 2.64 bits per heavy atom. The van der Waals surface area contributed by atoms with Gasteiger partial charge in [-0.2, -0.15) is 0 Å². The molecule has 11 heavy (non-hydrogen) atoms. The summed E-state index contributed by atoms with van der Waals surface area (Å²) in [6.07, 6.45) is 1.02. The second-order valence-corrected chi connectivity index (χ2v) is 2.99. The third-order valence-electron chi connectivity index (χ3n) is 1.92. The second kappa shape index (κ2) is 3.72. The summed E-state index contributed by atoms with van der Waals surface area (Å²) in [7, 11) is 1.85. The normalized spacial score (nSPS) is 17.6. The van der Waals surface area contributed by atoms with Gasteiger partial charge in [0.15, 0.2) is 0 Å². The highest BCUT2D eigenvalue weighted by Gasteiger charge is 2.28. The zero-order valence-electron chi connectivity index (χ0n) is 7.17. The lowest BCUT2D eigenvalue weighted by molar-refractivity contribution is -0.148. The van der Waals surface area contributed by atoms with E-state index in [0.717, 1.165) is 13.0 Å². The lowest BCUT2D eigenvalue weighted by atomic mass is 10.1. The molecule has 0 N–H and O–H groups in total. The van der Waals surface area contributed by atoms with Crippen LogP contribution in [0.4, 0.5) is 0 Å². The number of hydrogen-bond donors (Lipinski definition) is 0. The molecule has 1 aliphatic heterocycles. The van der Waals surface area contributed by atoms with Crippen LogP contribution in [0.5, 0.6) is 0 Å². The van der Waals surface area contributed by atoms with Gasteiger partial charge in [0.25, 0.3) is 0 Å². The van der Waals surface area contributed by atoms with E-state index in [2.05, 4.69) is 6.92 Å². The van der Waals surface area contributed by atoms with Gasteiger partial charge in [0.1, 0.15) is 0 Å². The Hall–Kier alpha value is -0.570. The molecule has 1 amide bonds. The monoisotopic (exact) mass is 157 g/mol. The molecule has 1 rings (SSSR count). The standard InChI is InChI=1S/C8H15NO2/c1-3-4-9(2)8(10)7-5-11-6-7/h7H,3-6H2,1-2H3. The molecule has 0 aromatic carbocycles. The van der Waals surface area contributed by atoms with E-state index in [9.17, 15) is 4.79 Å². The predicted molar refractivity (Wildman–Crippen MR) is 42.2 cm³/mol. The average Bonchev–Trinajstić information content (AvgIpc) is 1.84. The van der Waals surface area contributed by atoms with Crippen molar-refractivity contribution in [2.45, 2.75) is 13.3 Å². The number of carbonyl (C=O) groups is 1. The highest BCUT2D eigenvalue weighted by Crippen LogP contribution is 2.12. The third kappa shape index (κ3) is 1.93. The van der Waals surface area contributed by atoms with Gasteiger partial charge >= 0.3 is 0 Å². The molecule has 1 aliphatic rings. The van der Waals surface area contributed by atoms with Crippen molar-refractivity contribution in [3.05, 3.63) is 0 Å². The summed E-state index contributed by atoms with van der Waals surface area (Å²) in [5.41, 5.74) is 0. The third-order valence-corrected chi connectivity index (χ3v) is 1.92. The molecule has 64 valence electrons. The Morgan fingerprint density at radius 1 is 1.64 bits per heavy atom. The molecule has 0 unspecified atom stereocenters. The summed E-state index contributed by atoms with van der Waals surface area (Å²) in [4.78, 5) is 13.1. The molecular formula is C8H15NO2. The molecule has 1 heterocycles. The Bertz CT molecular complexity index is 143. The van der Waals surface area contributed by atoms with Crippen molar-refractivity contribution in [1.82, 2.24) is 4.90 Å². The summed E-state index contributed by atoms with van der Waals surface area (Å²) in [5.74, 6) is 0.379. The first-order valence-corrected chi connectivity index (χ1v) is 4.08. The second-order valence-electron chi connectivity index (χ2n) is 2.99. The molecule has 0 atom stereocenters. The summed E-state index contributed by atoms with van der Waals surface area (Å²) in [6.45, 7) is 4.16. The number of ether oxygens (including phenoxy) is 1. The minimum absolute atomic E-state index is 0.145. The van der Waals surface area contributed by atoms with Crippen molar-refractivity contribution >= 4 is 5.91 Å². The van der Waals surface area contributed by atoms with Crippen LogP contribution in [-0.4, -0.2) is 37.6 Å². The van der Waals surface area contributed by atoms with E-state index in [1.807, 2.05) is 7.05 Å². The molecule has 0 saturated carbocycles. The largest absolute Gasteiger partial charge is 0.380 e. The number of carbonyl (C=O) groups excluding carboxylic acids is 1. The maximum atomic E-state index is 11.4. The van der Waals surface area contributed by atoms with Crippen LogP contribution >= 0.6 is 0 Å². The quantitative estimate of drug-likeness (QED) is 0.597. The highest BCUT2D eigenvalue weighted by molar-refractivity contribution is 5.79. The zero-order chi connectivity index (χ0) is 8.27. The summed E-state index contributed by atoms with van der Waals surface area (Å²) >= 11 is 0. The minimum atomic E-state index is 0.145. The first kappa shape index (κ1) is 8.53. The van der Waals surface area contributed by atoms with E-state index in [1.165, 1.54) is 0 Å². The fraction of sp³-hybridized carbons (Fsp3) is 0.875. The van der Waals surface area contributed by atoms with Gasteiger partial charge in [-0.25, -0.2) is 0 Å². The number of amides is 1. The molecule has 0 aliphatic carbocycles. The highest BCUT2D eigenvalue weighted by atomic mass is 16.5. The van der Waals surface area contributed by atoms with E-state index in [-0.39, 0.29) is 11.8 Å². The number of nitrogens with zero attached hydrogens (tertiary/aromatic N) is 1. The predicted octanol–water partition coefficient (Wildman–Crippen LogP) is 0.501. The Morgan fingerprint density at radius 2 is 2.27 bits per heavy atom. The van der Waals surface area contributed by atoms with E-state index in [4.69, 9.17) is 4.74 Å². The maximum absolute atomic E-state index is 11.4. The fourth-order valence-electron chi connectivity index (χ4n) is 1.14. The molecule has 1 saturated heterocycles. The lowest BCUT2D eigenvalue weighted by Crippen LogP contribution is -2.43. The minimum Gasteiger partial charge on any atom is -0.380 e. The smallest absolute Gasteiger partial charge is 0.230 e. The van der Waals surface area contributed by atoms with Gasteiger partial charge in [-0.1, -0.05) is 6.92 Å². The topological polar surface area (TPSA) is 29.5 Å². The van der Waals surface area contributed by atoms with Gasteiger partial charge in [-0.3, -0.25) is 4.79 Å². The van der Waals surface area contributed by atoms with Gasteiger partial charge in [-0.05, 0) is 6.42 Å². The molecule has 0 bridgehead atoms. The first-order chi connectivity index (χ1) is 5.25.